The molecule has 0 saturated carbocycles. The van der Waals surface area contributed by atoms with E-state index < -0.39 is 0 Å². The predicted molar refractivity (Wildman–Crippen MR) is 99.2 cm³/mol. The summed E-state index contributed by atoms with van der Waals surface area (Å²) in [7, 11) is 1.63. The minimum atomic E-state index is -0.00971. The van der Waals surface area contributed by atoms with Gasteiger partial charge in [0.2, 0.25) is 5.91 Å². The van der Waals surface area contributed by atoms with Crippen LogP contribution in [-0.4, -0.2) is 32.0 Å². The third-order valence-corrected chi connectivity index (χ3v) is 4.37. The first-order chi connectivity index (χ1) is 11.7. The maximum absolute atomic E-state index is 12.0. The second-order valence-corrected chi connectivity index (χ2v) is 6.57. The van der Waals surface area contributed by atoms with Crippen molar-refractivity contribution < 1.29 is 14.3 Å². The van der Waals surface area contributed by atoms with Gasteiger partial charge in [-0.25, -0.2) is 0 Å². The Morgan fingerprint density at radius 3 is 2.46 bits per heavy atom. The fourth-order valence-corrected chi connectivity index (χ4v) is 2.87. The first-order valence-electron chi connectivity index (χ1n) is 7.57. The van der Waals surface area contributed by atoms with Gasteiger partial charge < -0.3 is 14.8 Å². The minimum absolute atomic E-state index is 0.00971. The maximum atomic E-state index is 12.0. The van der Waals surface area contributed by atoms with Gasteiger partial charge in [0.05, 0.1) is 6.61 Å². The molecule has 2 rings (SSSR count). The molecular weight excluding hydrogens is 346 g/mol. The lowest BCUT2D eigenvalue weighted by Gasteiger charge is -2.08. The van der Waals surface area contributed by atoms with E-state index >= 15 is 0 Å². The van der Waals surface area contributed by atoms with E-state index in [9.17, 15) is 4.79 Å². The second-order valence-electron chi connectivity index (χ2n) is 4.97. The van der Waals surface area contributed by atoms with Crippen molar-refractivity contribution in [1.82, 2.24) is 0 Å². The van der Waals surface area contributed by atoms with Crippen LogP contribution >= 0.6 is 23.4 Å². The Morgan fingerprint density at radius 2 is 1.79 bits per heavy atom. The second kappa shape index (κ2) is 10.2. The van der Waals surface area contributed by atoms with Gasteiger partial charge in [-0.15, -0.1) is 11.8 Å². The van der Waals surface area contributed by atoms with E-state index in [-0.39, 0.29) is 5.91 Å². The average molecular weight is 366 g/mol. The molecule has 2 aromatic rings. The highest BCUT2D eigenvalue weighted by molar-refractivity contribution is 7.99. The Bertz CT molecular complexity index is 632. The summed E-state index contributed by atoms with van der Waals surface area (Å²) < 4.78 is 10.4. The standard InChI is InChI=1S/C18H20ClNO3S/c1-22-11-12-23-16-6-4-15(5-7-16)20-18(21)10-13-24-17-8-2-14(19)3-9-17/h2-9H,10-13H2,1H3,(H,20,21). The first kappa shape index (κ1) is 18.6. The number of anilines is 1. The third-order valence-electron chi connectivity index (χ3n) is 3.11. The minimum Gasteiger partial charge on any atom is -0.491 e. The summed E-state index contributed by atoms with van der Waals surface area (Å²) in [5.74, 6) is 1.46. The lowest BCUT2D eigenvalue weighted by molar-refractivity contribution is -0.115. The van der Waals surface area contributed by atoms with Crippen LogP contribution in [0.2, 0.25) is 5.02 Å². The summed E-state index contributed by atoms with van der Waals surface area (Å²) in [6.07, 6.45) is 0.444. The molecule has 2 aromatic carbocycles. The highest BCUT2D eigenvalue weighted by Gasteiger charge is 2.04. The summed E-state index contributed by atoms with van der Waals surface area (Å²) in [6.45, 7) is 1.05. The zero-order valence-electron chi connectivity index (χ0n) is 13.5. The number of nitrogens with one attached hydrogen (secondary N) is 1. The number of amides is 1. The predicted octanol–water partition coefficient (Wildman–Crippen LogP) is 4.49. The van der Waals surface area contributed by atoms with Crippen LogP contribution in [0.4, 0.5) is 5.69 Å². The van der Waals surface area contributed by atoms with Crippen molar-refractivity contribution in [3.63, 3.8) is 0 Å². The van der Waals surface area contributed by atoms with Crippen molar-refractivity contribution in [2.75, 3.05) is 31.4 Å². The number of carbonyl (C=O) groups excluding carboxylic acids is 1. The number of hydrogen-bond donors (Lipinski definition) is 1. The smallest absolute Gasteiger partial charge is 0.225 e. The van der Waals surface area contributed by atoms with Gasteiger partial charge in [0, 0.05) is 34.9 Å². The summed E-state index contributed by atoms with van der Waals surface area (Å²) in [5, 5.41) is 3.59. The molecule has 128 valence electrons. The molecule has 0 spiro atoms. The van der Waals surface area contributed by atoms with Gasteiger partial charge in [-0.1, -0.05) is 11.6 Å². The molecule has 0 heterocycles. The molecule has 0 radical (unpaired) electrons. The molecule has 0 aliphatic rings. The molecule has 0 saturated heterocycles. The summed E-state index contributed by atoms with van der Waals surface area (Å²) >= 11 is 7.47. The third kappa shape index (κ3) is 6.83. The van der Waals surface area contributed by atoms with E-state index in [1.807, 2.05) is 48.5 Å². The quantitative estimate of drug-likeness (QED) is 0.525. The highest BCUT2D eigenvalue weighted by Crippen LogP contribution is 2.21. The highest BCUT2D eigenvalue weighted by atomic mass is 35.5. The molecule has 0 aliphatic carbocycles. The van der Waals surface area contributed by atoms with E-state index in [0.29, 0.717) is 30.4 Å². The number of rotatable bonds is 9. The van der Waals surface area contributed by atoms with E-state index in [1.54, 1.807) is 18.9 Å². The SMILES string of the molecule is COCCOc1ccc(NC(=O)CCSc2ccc(Cl)cc2)cc1. The lowest BCUT2D eigenvalue weighted by atomic mass is 10.3. The number of thioether (sulfide) groups is 1. The fourth-order valence-electron chi connectivity index (χ4n) is 1.89. The van der Waals surface area contributed by atoms with E-state index in [0.717, 1.165) is 16.3 Å². The van der Waals surface area contributed by atoms with E-state index in [2.05, 4.69) is 5.32 Å². The molecule has 24 heavy (non-hydrogen) atoms. The first-order valence-corrected chi connectivity index (χ1v) is 8.94. The Balaban J connectivity index is 1.70. The molecule has 0 aliphatic heterocycles. The number of methoxy groups -OCH3 is 1. The van der Waals surface area contributed by atoms with Crippen molar-refractivity contribution in [2.24, 2.45) is 0 Å². The van der Waals surface area contributed by atoms with Crippen LogP contribution in [0.15, 0.2) is 53.4 Å². The Hall–Kier alpha value is -1.69. The summed E-state index contributed by atoms with van der Waals surface area (Å²) in [4.78, 5) is 13.1. The van der Waals surface area contributed by atoms with Crippen LogP contribution in [0.5, 0.6) is 5.75 Å². The Morgan fingerprint density at radius 1 is 1.08 bits per heavy atom. The van der Waals surface area contributed by atoms with Gasteiger partial charge in [-0.3, -0.25) is 4.79 Å². The molecule has 0 fully saturated rings. The zero-order chi connectivity index (χ0) is 17.2. The molecule has 0 atom stereocenters. The molecule has 1 amide bonds. The normalized spacial score (nSPS) is 10.4. The summed E-state index contributed by atoms with van der Waals surface area (Å²) in [5.41, 5.74) is 0.760. The number of hydrogen-bond acceptors (Lipinski definition) is 4. The molecule has 0 bridgehead atoms. The van der Waals surface area contributed by atoms with Crippen molar-refractivity contribution in [2.45, 2.75) is 11.3 Å². The summed E-state index contributed by atoms with van der Waals surface area (Å²) in [6, 6.07) is 14.9. The van der Waals surface area contributed by atoms with Gasteiger partial charge in [-0.05, 0) is 48.5 Å². The van der Waals surface area contributed by atoms with Gasteiger partial charge in [-0.2, -0.15) is 0 Å². The van der Waals surface area contributed by atoms with Crippen LogP contribution in [0, 0.1) is 0 Å². The average Bonchev–Trinajstić information content (AvgIpc) is 2.58. The van der Waals surface area contributed by atoms with Gasteiger partial charge in [0.25, 0.3) is 0 Å². The van der Waals surface area contributed by atoms with Crippen LogP contribution in [-0.2, 0) is 9.53 Å². The van der Waals surface area contributed by atoms with Crippen molar-refractivity contribution in [3.05, 3.63) is 53.6 Å². The monoisotopic (exact) mass is 365 g/mol. The van der Waals surface area contributed by atoms with Gasteiger partial charge >= 0.3 is 0 Å². The number of carbonyl (C=O) groups is 1. The van der Waals surface area contributed by atoms with Gasteiger partial charge in [0.1, 0.15) is 12.4 Å². The molecule has 0 unspecified atom stereocenters. The maximum Gasteiger partial charge on any atom is 0.225 e. The van der Waals surface area contributed by atoms with Crippen molar-refractivity contribution >= 4 is 35.0 Å². The number of ether oxygens (including phenoxy) is 2. The van der Waals surface area contributed by atoms with Crippen molar-refractivity contribution in [3.8, 4) is 5.75 Å². The molecule has 6 heteroatoms. The van der Waals surface area contributed by atoms with E-state index in [4.69, 9.17) is 21.1 Å². The zero-order valence-corrected chi connectivity index (χ0v) is 15.0. The van der Waals surface area contributed by atoms with Crippen LogP contribution in [0.3, 0.4) is 0 Å². The van der Waals surface area contributed by atoms with Crippen molar-refractivity contribution in [1.29, 1.82) is 0 Å². The molecular formula is C18H20ClNO3S. The van der Waals surface area contributed by atoms with Crippen LogP contribution in [0.1, 0.15) is 6.42 Å². The van der Waals surface area contributed by atoms with Crippen LogP contribution < -0.4 is 10.1 Å². The topological polar surface area (TPSA) is 47.6 Å². The Kier molecular flexibility index (Phi) is 7.95. The number of halogens is 1. The fraction of sp³-hybridized carbons (Fsp3) is 0.278. The lowest BCUT2D eigenvalue weighted by Crippen LogP contribution is -2.12. The van der Waals surface area contributed by atoms with Gasteiger partial charge in [0.15, 0.2) is 0 Å². The van der Waals surface area contributed by atoms with Crippen LogP contribution in [0.25, 0.3) is 0 Å². The molecule has 4 nitrogen and oxygen atoms in total. The molecule has 0 aromatic heterocycles. The number of benzene rings is 2. The van der Waals surface area contributed by atoms with E-state index in [1.165, 1.54) is 0 Å². The Labute approximate surface area is 151 Å². The molecule has 1 N–H and O–H groups in total. The largest absolute Gasteiger partial charge is 0.491 e.